The maximum absolute atomic E-state index is 4.66. The van der Waals surface area contributed by atoms with Crippen LogP contribution in [-0.4, -0.2) is 40.4 Å². The molecule has 2 rings (SSSR count). The summed E-state index contributed by atoms with van der Waals surface area (Å²) in [6.07, 6.45) is 1.25. The molecule has 0 bridgehead atoms. The molecule has 1 saturated heterocycles. The Bertz CT molecular complexity index is 455. The van der Waals surface area contributed by atoms with Crippen LogP contribution in [0.15, 0.2) is 0 Å². The summed E-state index contributed by atoms with van der Waals surface area (Å²) in [5.41, 5.74) is 2.54. The number of anilines is 1. The van der Waals surface area contributed by atoms with Gasteiger partial charge in [0.15, 0.2) is 0 Å². The molecule has 4 nitrogen and oxygen atoms in total. The van der Waals surface area contributed by atoms with Crippen molar-refractivity contribution in [1.82, 2.24) is 15.1 Å². The van der Waals surface area contributed by atoms with Crippen LogP contribution in [0.1, 0.15) is 38.4 Å². The van der Waals surface area contributed by atoms with Gasteiger partial charge in [0.25, 0.3) is 0 Å². The van der Waals surface area contributed by atoms with Gasteiger partial charge in [0.2, 0.25) is 0 Å². The number of aromatic nitrogens is 2. The SMILES string of the molecule is CCC1CN(c2c(CNCC(C)C)c(C)nn2C)CCS1. The zero-order chi connectivity index (χ0) is 15.4. The molecule has 2 heterocycles. The third-order valence-electron chi connectivity index (χ3n) is 4.06. The average molecular weight is 311 g/mol. The molecule has 1 atom stereocenters. The van der Waals surface area contributed by atoms with Crippen molar-refractivity contribution in [3.8, 4) is 0 Å². The lowest BCUT2D eigenvalue weighted by Gasteiger charge is -2.34. The molecule has 0 amide bonds. The van der Waals surface area contributed by atoms with Crippen LogP contribution in [0, 0.1) is 12.8 Å². The first kappa shape index (κ1) is 16.7. The van der Waals surface area contributed by atoms with Crippen LogP contribution in [0.2, 0.25) is 0 Å². The normalized spacial score (nSPS) is 19.5. The summed E-state index contributed by atoms with van der Waals surface area (Å²) in [6, 6.07) is 0. The van der Waals surface area contributed by atoms with Crippen LogP contribution in [0.25, 0.3) is 0 Å². The summed E-state index contributed by atoms with van der Waals surface area (Å²) in [6.45, 7) is 13.2. The summed E-state index contributed by atoms with van der Waals surface area (Å²) >= 11 is 2.11. The van der Waals surface area contributed by atoms with E-state index in [1.807, 2.05) is 0 Å². The van der Waals surface area contributed by atoms with E-state index >= 15 is 0 Å². The van der Waals surface area contributed by atoms with Gasteiger partial charge in [-0.15, -0.1) is 0 Å². The quantitative estimate of drug-likeness (QED) is 0.876. The van der Waals surface area contributed by atoms with Gasteiger partial charge in [0.1, 0.15) is 5.82 Å². The Hall–Kier alpha value is -0.680. The molecule has 1 aromatic rings. The molecule has 0 saturated carbocycles. The molecule has 0 aliphatic carbocycles. The largest absolute Gasteiger partial charge is 0.355 e. The molecule has 1 aliphatic heterocycles. The summed E-state index contributed by atoms with van der Waals surface area (Å²) in [7, 11) is 2.08. The zero-order valence-corrected chi connectivity index (χ0v) is 15.0. The molecule has 0 radical (unpaired) electrons. The van der Waals surface area contributed by atoms with Crippen LogP contribution in [0.3, 0.4) is 0 Å². The molecule has 1 aromatic heterocycles. The third kappa shape index (κ3) is 4.16. The van der Waals surface area contributed by atoms with Gasteiger partial charge in [-0.2, -0.15) is 16.9 Å². The Morgan fingerprint density at radius 2 is 2.19 bits per heavy atom. The van der Waals surface area contributed by atoms with Crippen molar-refractivity contribution in [3.05, 3.63) is 11.3 Å². The maximum atomic E-state index is 4.66. The maximum Gasteiger partial charge on any atom is 0.131 e. The van der Waals surface area contributed by atoms with Crippen LogP contribution in [-0.2, 0) is 13.6 Å². The van der Waals surface area contributed by atoms with Gasteiger partial charge < -0.3 is 10.2 Å². The Morgan fingerprint density at radius 3 is 2.86 bits per heavy atom. The molecular formula is C16H30N4S. The first-order valence-corrected chi connectivity index (χ1v) is 9.17. The Morgan fingerprint density at radius 1 is 1.43 bits per heavy atom. The fraction of sp³-hybridized carbons (Fsp3) is 0.812. The summed E-state index contributed by atoms with van der Waals surface area (Å²) in [5, 5.41) is 8.99. The molecule has 1 fully saturated rings. The van der Waals surface area contributed by atoms with E-state index in [1.165, 1.54) is 23.6 Å². The van der Waals surface area contributed by atoms with Gasteiger partial charge in [-0.3, -0.25) is 4.68 Å². The fourth-order valence-corrected chi connectivity index (χ4v) is 4.12. The first-order chi connectivity index (χ1) is 10.0. The van der Waals surface area contributed by atoms with Crippen LogP contribution in [0.5, 0.6) is 0 Å². The summed E-state index contributed by atoms with van der Waals surface area (Å²) < 4.78 is 2.07. The van der Waals surface area contributed by atoms with E-state index in [9.17, 15) is 0 Å². The lowest BCUT2D eigenvalue weighted by molar-refractivity contribution is 0.550. The van der Waals surface area contributed by atoms with Gasteiger partial charge in [-0.25, -0.2) is 0 Å². The van der Waals surface area contributed by atoms with Gasteiger partial charge in [-0.05, 0) is 25.8 Å². The third-order valence-corrected chi connectivity index (χ3v) is 5.43. The minimum absolute atomic E-state index is 0.682. The topological polar surface area (TPSA) is 33.1 Å². The van der Waals surface area contributed by atoms with Gasteiger partial charge in [0.05, 0.1) is 5.69 Å². The number of aryl methyl sites for hydroxylation is 2. The molecule has 0 aromatic carbocycles. The second kappa shape index (κ2) is 7.54. The second-order valence-electron chi connectivity index (χ2n) is 6.38. The number of nitrogens with zero attached hydrogens (tertiary/aromatic N) is 3. The van der Waals surface area contributed by atoms with Crippen molar-refractivity contribution < 1.29 is 0 Å². The molecule has 21 heavy (non-hydrogen) atoms. The second-order valence-corrected chi connectivity index (χ2v) is 7.79. The minimum Gasteiger partial charge on any atom is -0.355 e. The Balaban J connectivity index is 2.13. The summed E-state index contributed by atoms with van der Waals surface area (Å²) in [5.74, 6) is 3.23. The molecule has 0 spiro atoms. The number of hydrogen-bond donors (Lipinski definition) is 1. The fourth-order valence-electron chi connectivity index (χ4n) is 2.94. The predicted molar refractivity (Wildman–Crippen MR) is 93.2 cm³/mol. The molecular weight excluding hydrogens is 280 g/mol. The first-order valence-electron chi connectivity index (χ1n) is 8.12. The van der Waals surface area contributed by atoms with E-state index in [1.54, 1.807) is 0 Å². The van der Waals surface area contributed by atoms with Crippen molar-refractivity contribution in [3.63, 3.8) is 0 Å². The minimum atomic E-state index is 0.682. The van der Waals surface area contributed by atoms with E-state index in [4.69, 9.17) is 0 Å². The zero-order valence-electron chi connectivity index (χ0n) is 14.1. The molecule has 120 valence electrons. The molecule has 1 unspecified atom stereocenters. The van der Waals surface area contributed by atoms with Crippen molar-refractivity contribution in [1.29, 1.82) is 0 Å². The van der Waals surface area contributed by atoms with Crippen LogP contribution < -0.4 is 10.2 Å². The number of thioether (sulfide) groups is 1. The van der Waals surface area contributed by atoms with Gasteiger partial charge in [-0.1, -0.05) is 20.8 Å². The molecule has 1 N–H and O–H groups in total. The highest BCUT2D eigenvalue weighted by atomic mass is 32.2. The Kier molecular flexibility index (Phi) is 5.99. The van der Waals surface area contributed by atoms with Gasteiger partial charge >= 0.3 is 0 Å². The van der Waals surface area contributed by atoms with Crippen molar-refractivity contribution in [2.75, 3.05) is 30.3 Å². The van der Waals surface area contributed by atoms with Gasteiger partial charge in [0, 0.05) is 43.2 Å². The number of hydrogen-bond acceptors (Lipinski definition) is 4. The lowest BCUT2D eigenvalue weighted by atomic mass is 10.2. The number of rotatable bonds is 6. The standard InChI is InChI=1S/C16H30N4S/c1-6-14-11-20(7-8-21-14)16-15(10-17-9-12(2)3)13(4)18-19(16)5/h12,14,17H,6-11H2,1-5H3. The average Bonchev–Trinajstić information content (AvgIpc) is 2.73. The highest BCUT2D eigenvalue weighted by molar-refractivity contribution is 8.00. The van der Waals surface area contributed by atoms with E-state index in [0.717, 1.165) is 37.1 Å². The number of nitrogens with one attached hydrogen (secondary N) is 1. The van der Waals surface area contributed by atoms with Crippen LogP contribution >= 0.6 is 11.8 Å². The monoisotopic (exact) mass is 310 g/mol. The lowest BCUT2D eigenvalue weighted by Crippen LogP contribution is -2.39. The van der Waals surface area contributed by atoms with Crippen molar-refractivity contribution in [2.24, 2.45) is 13.0 Å². The smallest absolute Gasteiger partial charge is 0.131 e. The van der Waals surface area contributed by atoms with E-state index in [2.05, 4.69) is 66.5 Å². The van der Waals surface area contributed by atoms with Crippen molar-refractivity contribution in [2.45, 2.75) is 45.9 Å². The molecule has 5 heteroatoms. The van der Waals surface area contributed by atoms with Crippen molar-refractivity contribution >= 4 is 17.6 Å². The predicted octanol–water partition coefficient (Wildman–Crippen LogP) is 2.81. The Labute approximate surface area is 133 Å². The molecule has 1 aliphatic rings. The van der Waals surface area contributed by atoms with E-state index in [0.29, 0.717) is 5.92 Å². The van der Waals surface area contributed by atoms with Crippen LogP contribution in [0.4, 0.5) is 5.82 Å². The summed E-state index contributed by atoms with van der Waals surface area (Å²) in [4.78, 5) is 2.54. The highest BCUT2D eigenvalue weighted by Gasteiger charge is 2.24. The van der Waals surface area contributed by atoms with E-state index in [-0.39, 0.29) is 0 Å². The highest BCUT2D eigenvalue weighted by Crippen LogP contribution is 2.29. The van der Waals surface area contributed by atoms with E-state index < -0.39 is 0 Å².